The second-order valence-electron chi connectivity index (χ2n) is 4.04. The van der Waals surface area contributed by atoms with Crippen LogP contribution in [0.4, 0.5) is 0 Å². The zero-order valence-electron chi connectivity index (χ0n) is 10.7. The fourth-order valence-electron chi connectivity index (χ4n) is 1.61. The third-order valence-corrected chi connectivity index (χ3v) is 4.51. The second kappa shape index (κ2) is 6.98. The topological polar surface area (TPSA) is 66.8 Å². The summed E-state index contributed by atoms with van der Waals surface area (Å²) in [7, 11) is 0. The number of phenols is 2. The SMILES string of the molecule is O=C(OCC[Se]c1ccccc1)c1cc(O)cc(O)c1. The molecule has 0 spiro atoms. The summed E-state index contributed by atoms with van der Waals surface area (Å²) in [5.74, 6) is -0.865. The molecule has 104 valence electrons. The molecule has 2 N–H and O–H groups in total. The van der Waals surface area contributed by atoms with Gasteiger partial charge in [0.05, 0.1) is 0 Å². The maximum atomic E-state index is 11.7. The zero-order chi connectivity index (χ0) is 14.4. The van der Waals surface area contributed by atoms with Crippen molar-refractivity contribution in [3.63, 3.8) is 0 Å². The second-order valence-corrected chi connectivity index (χ2v) is 6.49. The molecule has 0 unspecified atom stereocenters. The number of benzene rings is 2. The molecule has 4 nitrogen and oxygen atoms in total. The molecule has 0 aliphatic heterocycles. The molecule has 0 saturated heterocycles. The summed E-state index contributed by atoms with van der Waals surface area (Å²) in [5, 5.41) is 19.4. The molecule has 2 rings (SSSR count). The number of ether oxygens (including phenoxy) is 1. The van der Waals surface area contributed by atoms with Crippen molar-refractivity contribution in [2.24, 2.45) is 0 Å². The van der Waals surface area contributed by atoms with Gasteiger partial charge in [0.15, 0.2) is 0 Å². The summed E-state index contributed by atoms with van der Waals surface area (Å²) in [4.78, 5) is 11.7. The van der Waals surface area contributed by atoms with Crippen molar-refractivity contribution in [2.75, 3.05) is 6.61 Å². The van der Waals surface area contributed by atoms with Gasteiger partial charge in [-0.2, -0.15) is 0 Å². The fourth-order valence-corrected chi connectivity index (χ4v) is 3.18. The van der Waals surface area contributed by atoms with Gasteiger partial charge in [-0.05, 0) is 0 Å². The van der Waals surface area contributed by atoms with Crippen LogP contribution in [-0.4, -0.2) is 37.7 Å². The van der Waals surface area contributed by atoms with E-state index < -0.39 is 5.97 Å². The third kappa shape index (κ3) is 4.30. The van der Waals surface area contributed by atoms with Gasteiger partial charge in [0.2, 0.25) is 0 Å². The molecule has 0 amide bonds. The Morgan fingerprint density at radius 3 is 2.35 bits per heavy atom. The minimum atomic E-state index is -0.542. The van der Waals surface area contributed by atoms with Gasteiger partial charge in [-0.1, -0.05) is 0 Å². The van der Waals surface area contributed by atoms with E-state index in [-0.39, 0.29) is 32.0 Å². The summed E-state index contributed by atoms with van der Waals surface area (Å²) >= 11 is 0.266. The van der Waals surface area contributed by atoms with E-state index in [0.29, 0.717) is 6.61 Å². The standard InChI is InChI=1S/C15H14O4Se/c16-12-8-11(9-13(17)10-12)15(18)19-6-7-20-14-4-2-1-3-5-14/h1-5,8-10,16-17H,6-7H2. The molecule has 0 saturated carbocycles. The third-order valence-electron chi connectivity index (χ3n) is 2.47. The van der Waals surface area contributed by atoms with Crippen LogP contribution in [0.1, 0.15) is 10.4 Å². The average Bonchev–Trinajstić information content (AvgIpc) is 2.43. The molecule has 0 atom stereocenters. The van der Waals surface area contributed by atoms with Gasteiger partial charge < -0.3 is 0 Å². The molecule has 0 fully saturated rings. The number of hydrogen-bond donors (Lipinski definition) is 2. The summed E-state index contributed by atoms with van der Waals surface area (Å²) < 4.78 is 6.37. The normalized spacial score (nSPS) is 10.2. The van der Waals surface area contributed by atoms with E-state index in [4.69, 9.17) is 4.74 Å². The van der Waals surface area contributed by atoms with Crippen molar-refractivity contribution in [3.05, 3.63) is 54.1 Å². The zero-order valence-corrected chi connectivity index (χ0v) is 12.4. The van der Waals surface area contributed by atoms with Gasteiger partial charge in [-0.15, -0.1) is 0 Å². The van der Waals surface area contributed by atoms with E-state index in [1.807, 2.05) is 18.2 Å². The molecule has 5 heteroatoms. The van der Waals surface area contributed by atoms with Crippen molar-refractivity contribution >= 4 is 25.4 Å². The molecular formula is C15H14O4Se. The average molecular weight is 337 g/mol. The number of carbonyl (C=O) groups is 1. The Morgan fingerprint density at radius 2 is 1.70 bits per heavy atom. The van der Waals surface area contributed by atoms with Crippen molar-refractivity contribution in [1.29, 1.82) is 0 Å². The molecule has 0 radical (unpaired) electrons. The van der Waals surface area contributed by atoms with Crippen LogP contribution in [0.25, 0.3) is 0 Å². The molecule has 0 aliphatic rings. The number of rotatable bonds is 5. The van der Waals surface area contributed by atoms with E-state index in [9.17, 15) is 15.0 Å². The summed E-state index contributed by atoms with van der Waals surface area (Å²) in [6, 6.07) is 13.7. The van der Waals surface area contributed by atoms with Crippen LogP contribution in [0.3, 0.4) is 0 Å². The van der Waals surface area contributed by atoms with Gasteiger partial charge in [0, 0.05) is 0 Å². The molecular weight excluding hydrogens is 323 g/mol. The molecule has 2 aromatic rings. The monoisotopic (exact) mass is 338 g/mol. The molecule has 0 aromatic heterocycles. The van der Waals surface area contributed by atoms with Gasteiger partial charge in [-0.3, -0.25) is 0 Å². The van der Waals surface area contributed by atoms with Crippen molar-refractivity contribution in [2.45, 2.75) is 5.32 Å². The van der Waals surface area contributed by atoms with Gasteiger partial charge in [0.25, 0.3) is 0 Å². The Balaban J connectivity index is 1.80. The van der Waals surface area contributed by atoms with Gasteiger partial charge in [0.1, 0.15) is 0 Å². The van der Waals surface area contributed by atoms with E-state index in [2.05, 4.69) is 12.1 Å². The van der Waals surface area contributed by atoms with Crippen molar-refractivity contribution < 1.29 is 19.7 Å². The minimum absolute atomic E-state index is 0.148. The van der Waals surface area contributed by atoms with E-state index in [1.165, 1.54) is 16.6 Å². The van der Waals surface area contributed by atoms with Crippen LogP contribution in [0, 0.1) is 0 Å². The quantitative estimate of drug-likeness (QED) is 0.495. The van der Waals surface area contributed by atoms with E-state index in [0.717, 1.165) is 11.4 Å². The molecule has 0 heterocycles. The maximum absolute atomic E-state index is 11.7. The number of aromatic hydroxyl groups is 2. The predicted molar refractivity (Wildman–Crippen MR) is 76.7 cm³/mol. The van der Waals surface area contributed by atoms with Crippen molar-refractivity contribution in [3.8, 4) is 11.5 Å². The molecule has 20 heavy (non-hydrogen) atoms. The predicted octanol–water partition coefficient (Wildman–Crippen LogP) is 1.70. The Morgan fingerprint density at radius 1 is 1.05 bits per heavy atom. The molecule has 0 bridgehead atoms. The van der Waals surface area contributed by atoms with E-state index in [1.54, 1.807) is 0 Å². The molecule has 0 aliphatic carbocycles. The Labute approximate surface area is 123 Å². The summed E-state index contributed by atoms with van der Waals surface area (Å²) in [6.07, 6.45) is 0. The van der Waals surface area contributed by atoms with Crippen molar-refractivity contribution in [1.82, 2.24) is 0 Å². The van der Waals surface area contributed by atoms with E-state index >= 15 is 0 Å². The van der Waals surface area contributed by atoms with Crippen LogP contribution < -0.4 is 4.46 Å². The first kappa shape index (κ1) is 14.4. The van der Waals surface area contributed by atoms with Crippen LogP contribution in [0.15, 0.2) is 48.5 Å². The van der Waals surface area contributed by atoms with Gasteiger partial charge in [-0.25, -0.2) is 0 Å². The van der Waals surface area contributed by atoms with Crippen LogP contribution >= 0.6 is 0 Å². The number of phenolic OH excluding ortho intramolecular Hbond substituents is 2. The Bertz CT molecular complexity index is 563. The first-order valence-electron chi connectivity index (χ1n) is 6.03. The summed E-state index contributed by atoms with van der Waals surface area (Å²) in [6.45, 7) is 0.324. The molecule has 2 aromatic carbocycles. The number of esters is 1. The number of carbonyl (C=O) groups excluding carboxylic acids is 1. The van der Waals surface area contributed by atoms with Gasteiger partial charge >= 0.3 is 123 Å². The first-order valence-corrected chi connectivity index (χ1v) is 8.10. The van der Waals surface area contributed by atoms with Crippen LogP contribution in [0.2, 0.25) is 5.32 Å². The fraction of sp³-hybridized carbons (Fsp3) is 0.133. The Kier molecular flexibility index (Phi) is 5.04. The van der Waals surface area contributed by atoms with Crippen LogP contribution in [-0.2, 0) is 4.74 Å². The number of hydrogen-bond acceptors (Lipinski definition) is 4. The first-order chi connectivity index (χ1) is 9.65. The Hall–Kier alpha value is -1.97. The summed E-state index contributed by atoms with van der Waals surface area (Å²) in [5.41, 5.74) is 0.148. The van der Waals surface area contributed by atoms with Crippen LogP contribution in [0.5, 0.6) is 11.5 Å².